The van der Waals surface area contributed by atoms with Gasteiger partial charge in [-0.25, -0.2) is 0 Å². The molecule has 0 radical (unpaired) electrons. The summed E-state index contributed by atoms with van der Waals surface area (Å²) < 4.78 is 0. The van der Waals surface area contributed by atoms with Crippen LogP contribution in [0.3, 0.4) is 0 Å². The van der Waals surface area contributed by atoms with E-state index >= 15 is 0 Å². The Labute approximate surface area is 210 Å². The number of fused-ring (bicyclic) bond motifs is 3. The molecule has 34 heavy (non-hydrogen) atoms. The van der Waals surface area contributed by atoms with Crippen molar-refractivity contribution in [1.82, 2.24) is 14.7 Å². The number of hydrogen-bond donors (Lipinski definition) is 0. The summed E-state index contributed by atoms with van der Waals surface area (Å²) in [4.78, 5) is 8.62. The van der Waals surface area contributed by atoms with E-state index in [2.05, 4.69) is 45.9 Å². The molecular formula is C31H51N3. The Bertz CT molecular complexity index is 730. The molecule has 3 heteroatoms. The summed E-state index contributed by atoms with van der Waals surface area (Å²) in [5.41, 5.74) is 0. The topological polar surface area (TPSA) is 9.72 Å². The maximum Gasteiger partial charge on any atom is 0.0278 e. The van der Waals surface area contributed by atoms with E-state index in [4.69, 9.17) is 0 Å². The monoisotopic (exact) mass is 465 g/mol. The Balaban J connectivity index is 1.02. The molecule has 4 saturated heterocycles. The van der Waals surface area contributed by atoms with Crippen LogP contribution in [0.2, 0.25) is 0 Å². The molecule has 0 aliphatic carbocycles. The van der Waals surface area contributed by atoms with Gasteiger partial charge in [0.25, 0.3) is 0 Å². The predicted octanol–water partition coefficient (Wildman–Crippen LogP) is 5.97. The number of hydrogen-bond acceptors (Lipinski definition) is 3. The highest BCUT2D eigenvalue weighted by molar-refractivity contribution is 5.08. The lowest BCUT2D eigenvalue weighted by Crippen LogP contribution is -2.50. The Kier molecular flexibility index (Phi) is 7.52. The molecule has 0 aromatic rings. The minimum Gasteiger partial charge on any atom is -0.300 e. The average Bonchev–Trinajstić information content (AvgIpc) is 3.05. The van der Waals surface area contributed by atoms with Gasteiger partial charge in [0.05, 0.1) is 0 Å². The van der Waals surface area contributed by atoms with E-state index in [1.54, 1.807) is 0 Å². The summed E-state index contributed by atoms with van der Waals surface area (Å²) in [6.45, 7) is 10.5. The number of nitrogens with zero attached hydrogens (tertiary/aromatic N) is 3. The highest BCUT2D eigenvalue weighted by Crippen LogP contribution is 2.38. The molecule has 190 valence electrons. The van der Waals surface area contributed by atoms with E-state index < -0.39 is 0 Å². The predicted molar refractivity (Wildman–Crippen MR) is 143 cm³/mol. The van der Waals surface area contributed by atoms with Gasteiger partial charge in [0.15, 0.2) is 0 Å². The van der Waals surface area contributed by atoms with Crippen molar-refractivity contribution in [2.24, 2.45) is 29.6 Å². The van der Waals surface area contributed by atoms with E-state index in [1.165, 1.54) is 116 Å². The van der Waals surface area contributed by atoms with Crippen molar-refractivity contribution in [2.75, 3.05) is 39.3 Å². The second-order valence-corrected chi connectivity index (χ2v) is 13.3. The highest BCUT2D eigenvalue weighted by atomic mass is 15.2. The molecule has 0 aromatic heterocycles. The van der Waals surface area contributed by atoms with Crippen LogP contribution < -0.4 is 0 Å². The summed E-state index contributed by atoms with van der Waals surface area (Å²) in [6, 6.07) is 2.49. The molecule has 6 aliphatic heterocycles. The van der Waals surface area contributed by atoms with Crippen molar-refractivity contribution in [1.29, 1.82) is 0 Å². The van der Waals surface area contributed by atoms with Crippen LogP contribution in [0.4, 0.5) is 0 Å². The number of rotatable bonds is 4. The smallest absolute Gasteiger partial charge is 0.0278 e. The van der Waals surface area contributed by atoms with Crippen LogP contribution in [0.1, 0.15) is 84.0 Å². The van der Waals surface area contributed by atoms with Crippen LogP contribution in [0.15, 0.2) is 24.3 Å². The minimum atomic E-state index is 0.745. The van der Waals surface area contributed by atoms with E-state index in [0.29, 0.717) is 0 Å². The summed E-state index contributed by atoms with van der Waals surface area (Å²) in [5.74, 6) is 4.53. The van der Waals surface area contributed by atoms with Gasteiger partial charge in [-0.2, -0.15) is 0 Å². The maximum absolute atomic E-state index is 2.92. The SMILES string of the molecule is CC1CCC2CCCC(CC3CCC4C=CC(CC5CCCN6CC=CCC56)CN4C3)CN2C1. The molecule has 0 amide bonds. The van der Waals surface area contributed by atoms with Crippen molar-refractivity contribution in [3.05, 3.63) is 24.3 Å². The van der Waals surface area contributed by atoms with Crippen LogP contribution >= 0.6 is 0 Å². The third kappa shape index (κ3) is 5.37. The fraction of sp³-hybridized carbons (Fsp3) is 0.871. The second kappa shape index (κ2) is 10.8. The van der Waals surface area contributed by atoms with Gasteiger partial charge in [0, 0.05) is 50.8 Å². The van der Waals surface area contributed by atoms with Gasteiger partial charge in [-0.3, -0.25) is 14.7 Å². The van der Waals surface area contributed by atoms with Crippen molar-refractivity contribution in [3.63, 3.8) is 0 Å². The van der Waals surface area contributed by atoms with Gasteiger partial charge in [0.2, 0.25) is 0 Å². The molecule has 3 nitrogen and oxygen atoms in total. The largest absolute Gasteiger partial charge is 0.300 e. The van der Waals surface area contributed by atoms with Gasteiger partial charge in [-0.05, 0) is 107 Å². The van der Waals surface area contributed by atoms with Crippen LogP contribution in [-0.2, 0) is 0 Å². The molecule has 8 atom stereocenters. The van der Waals surface area contributed by atoms with Gasteiger partial charge in [-0.15, -0.1) is 0 Å². The fourth-order valence-corrected chi connectivity index (χ4v) is 9.04. The summed E-state index contributed by atoms with van der Waals surface area (Å²) in [6.07, 6.45) is 27.5. The summed E-state index contributed by atoms with van der Waals surface area (Å²) in [7, 11) is 0. The molecule has 6 rings (SSSR count). The fourth-order valence-electron chi connectivity index (χ4n) is 9.04. The van der Waals surface area contributed by atoms with E-state index in [1.807, 2.05) is 0 Å². The molecule has 0 saturated carbocycles. The third-order valence-corrected chi connectivity index (χ3v) is 10.8. The van der Waals surface area contributed by atoms with Crippen molar-refractivity contribution < 1.29 is 0 Å². The zero-order valence-corrected chi connectivity index (χ0v) is 22.0. The van der Waals surface area contributed by atoms with Crippen LogP contribution in [0.25, 0.3) is 0 Å². The molecule has 6 heterocycles. The Morgan fingerprint density at radius 2 is 1.62 bits per heavy atom. The van der Waals surface area contributed by atoms with Crippen LogP contribution in [-0.4, -0.2) is 72.1 Å². The first-order valence-corrected chi connectivity index (χ1v) is 15.3. The molecule has 8 unspecified atom stereocenters. The Morgan fingerprint density at radius 1 is 0.706 bits per heavy atom. The van der Waals surface area contributed by atoms with E-state index in [9.17, 15) is 0 Å². The summed E-state index contributed by atoms with van der Waals surface area (Å²) >= 11 is 0. The van der Waals surface area contributed by atoms with E-state index in [-0.39, 0.29) is 0 Å². The normalized spacial score (nSPS) is 44.1. The second-order valence-electron chi connectivity index (χ2n) is 13.3. The lowest BCUT2D eigenvalue weighted by Gasteiger charge is -2.46. The Morgan fingerprint density at radius 3 is 2.59 bits per heavy atom. The first-order valence-electron chi connectivity index (χ1n) is 15.3. The van der Waals surface area contributed by atoms with Gasteiger partial charge in [-0.1, -0.05) is 37.6 Å². The zero-order valence-electron chi connectivity index (χ0n) is 22.0. The van der Waals surface area contributed by atoms with Crippen LogP contribution in [0.5, 0.6) is 0 Å². The molecule has 0 N–H and O–H groups in total. The average molecular weight is 466 g/mol. The summed E-state index contributed by atoms with van der Waals surface area (Å²) in [5, 5.41) is 0. The van der Waals surface area contributed by atoms with Gasteiger partial charge >= 0.3 is 0 Å². The highest BCUT2D eigenvalue weighted by Gasteiger charge is 2.37. The third-order valence-electron chi connectivity index (χ3n) is 10.8. The standard InChI is InChI=1S/C31H51N3/c1-24-10-13-29-8-4-6-25(21-33(29)20-24)18-26-11-14-30-15-12-27(23-34(30)22-26)19-28-7-5-17-32-16-3-2-9-31(28)32/h2-3,12,15,24-31H,4-11,13-14,16-23H2,1H3. The molecule has 6 aliphatic rings. The van der Waals surface area contributed by atoms with Crippen molar-refractivity contribution >= 4 is 0 Å². The van der Waals surface area contributed by atoms with Crippen molar-refractivity contribution in [2.45, 2.75) is 102 Å². The first-order chi connectivity index (χ1) is 16.7. The molecule has 0 bridgehead atoms. The quantitative estimate of drug-likeness (QED) is 0.473. The first kappa shape index (κ1) is 23.7. The lowest BCUT2D eigenvalue weighted by atomic mass is 9.77. The van der Waals surface area contributed by atoms with Gasteiger partial charge in [0.1, 0.15) is 0 Å². The maximum atomic E-state index is 2.92. The lowest BCUT2D eigenvalue weighted by molar-refractivity contribution is 0.0615. The Hall–Kier alpha value is -0.640. The van der Waals surface area contributed by atoms with Crippen molar-refractivity contribution in [3.8, 4) is 0 Å². The molecule has 0 aromatic carbocycles. The van der Waals surface area contributed by atoms with Gasteiger partial charge < -0.3 is 0 Å². The molecule has 4 fully saturated rings. The molecule has 0 spiro atoms. The van der Waals surface area contributed by atoms with Crippen LogP contribution in [0, 0.1) is 29.6 Å². The van der Waals surface area contributed by atoms with E-state index in [0.717, 1.165) is 47.7 Å². The molecular weight excluding hydrogens is 414 g/mol. The zero-order chi connectivity index (χ0) is 22.9. The number of piperidine rings is 3. The minimum absolute atomic E-state index is 0.745.